The van der Waals surface area contributed by atoms with E-state index in [1.165, 1.54) is 0 Å². The van der Waals surface area contributed by atoms with Crippen molar-refractivity contribution in [3.63, 3.8) is 0 Å². The molecule has 1 fully saturated rings. The molecule has 2 aromatic heterocycles. The van der Waals surface area contributed by atoms with Crippen molar-refractivity contribution in [2.45, 2.75) is 37.4 Å². The first-order valence-corrected chi connectivity index (χ1v) is 15.6. The third kappa shape index (κ3) is 3.53. The smallest absolute Gasteiger partial charge is 0.343 e. The maximum atomic E-state index is 14.1. The molecule has 1 saturated heterocycles. The number of fused-ring (bicyclic) bond motifs is 13. The number of hydrogen-bond donors (Lipinski definition) is 3. The van der Waals surface area contributed by atoms with Crippen molar-refractivity contribution in [1.82, 2.24) is 14.5 Å². The molecule has 6 aromatic rings. The molecule has 11 heteroatoms. The highest BCUT2D eigenvalue weighted by Gasteiger charge is 2.66. The molecule has 3 aliphatic heterocycles. The molecular weight excluding hydrogens is 612 g/mol. The third-order valence-electron chi connectivity index (χ3n) is 9.93. The summed E-state index contributed by atoms with van der Waals surface area (Å²) < 4.78 is 22.2. The van der Waals surface area contributed by atoms with E-state index in [0.717, 1.165) is 49.7 Å². The first-order chi connectivity index (χ1) is 23.3. The minimum Gasteiger partial charge on any atom is -0.488 e. The minimum atomic E-state index is -2.14. The molecule has 5 heterocycles. The number of carbonyl (C=O) groups is 3. The normalized spacial score (nSPS) is 22.1. The lowest BCUT2D eigenvalue weighted by Gasteiger charge is -2.37. The number of carbonyl (C=O) groups excluding carboxylic acids is 3. The molecule has 2 bridgehead atoms. The Hall–Kier alpha value is -5.83. The maximum Gasteiger partial charge on any atom is 0.343 e. The largest absolute Gasteiger partial charge is 0.488 e. The summed E-state index contributed by atoms with van der Waals surface area (Å²) in [6, 6.07) is 24.6. The van der Waals surface area contributed by atoms with E-state index in [0.29, 0.717) is 29.1 Å². The number of aliphatic hydroxyl groups is 1. The van der Waals surface area contributed by atoms with Crippen LogP contribution in [0.1, 0.15) is 35.5 Å². The van der Waals surface area contributed by atoms with Gasteiger partial charge in [-0.05, 0) is 55.0 Å². The van der Waals surface area contributed by atoms with Gasteiger partial charge in [-0.2, -0.15) is 0 Å². The molecule has 0 aliphatic carbocycles. The zero-order chi connectivity index (χ0) is 32.9. The van der Waals surface area contributed by atoms with Crippen LogP contribution in [0.5, 0.6) is 5.75 Å². The maximum absolute atomic E-state index is 14.1. The molecule has 3 aliphatic rings. The van der Waals surface area contributed by atoms with Gasteiger partial charge in [0.05, 0.1) is 27.8 Å². The molecule has 238 valence electrons. The van der Waals surface area contributed by atoms with Gasteiger partial charge in [-0.25, -0.2) is 4.79 Å². The highest BCUT2D eigenvalue weighted by atomic mass is 16.6. The van der Waals surface area contributed by atoms with Crippen molar-refractivity contribution >= 4 is 67.1 Å². The van der Waals surface area contributed by atoms with Crippen LogP contribution < -0.4 is 15.4 Å². The predicted molar refractivity (Wildman–Crippen MR) is 176 cm³/mol. The van der Waals surface area contributed by atoms with Gasteiger partial charge in [0.25, 0.3) is 5.91 Å². The monoisotopic (exact) mass is 640 g/mol. The molecule has 48 heavy (non-hydrogen) atoms. The zero-order valence-corrected chi connectivity index (χ0v) is 25.8. The van der Waals surface area contributed by atoms with Crippen LogP contribution in [0.2, 0.25) is 0 Å². The van der Waals surface area contributed by atoms with E-state index in [9.17, 15) is 19.5 Å². The van der Waals surface area contributed by atoms with E-state index in [4.69, 9.17) is 14.2 Å². The second kappa shape index (κ2) is 9.84. The third-order valence-corrected chi connectivity index (χ3v) is 9.93. The van der Waals surface area contributed by atoms with Gasteiger partial charge in [0.15, 0.2) is 5.72 Å². The predicted octanol–water partition coefficient (Wildman–Crippen LogP) is 4.83. The molecule has 1 unspecified atom stereocenters. The fraction of sp³-hybridized carbons (Fsp3) is 0.216. The second-order valence-electron chi connectivity index (χ2n) is 12.4. The molecule has 0 saturated carbocycles. The molecule has 4 aromatic carbocycles. The average molecular weight is 641 g/mol. The van der Waals surface area contributed by atoms with Crippen molar-refractivity contribution in [3.05, 3.63) is 96.6 Å². The van der Waals surface area contributed by atoms with Crippen LogP contribution in [-0.4, -0.2) is 50.8 Å². The molecule has 0 spiro atoms. The summed E-state index contributed by atoms with van der Waals surface area (Å²) in [5.74, 6) is -1.01. The lowest BCUT2D eigenvalue weighted by Crippen LogP contribution is -2.56. The number of amides is 2. The van der Waals surface area contributed by atoms with Crippen LogP contribution in [0.25, 0.3) is 43.6 Å². The number of esters is 1. The van der Waals surface area contributed by atoms with Crippen molar-refractivity contribution in [3.8, 4) is 5.75 Å². The minimum absolute atomic E-state index is 0.0396. The first-order valence-electron chi connectivity index (χ1n) is 15.6. The van der Waals surface area contributed by atoms with E-state index in [1.807, 2.05) is 39.5 Å². The van der Waals surface area contributed by atoms with Gasteiger partial charge in [-0.1, -0.05) is 43.0 Å². The quantitative estimate of drug-likeness (QED) is 0.129. The summed E-state index contributed by atoms with van der Waals surface area (Å²) in [4.78, 5) is 39.4. The van der Waals surface area contributed by atoms with Crippen molar-refractivity contribution in [2.24, 2.45) is 0 Å². The van der Waals surface area contributed by atoms with Gasteiger partial charge in [0.1, 0.15) is 30.7 Å². The summed E-state index contributed by atoms with van der Waals surface area (Å²) in [6.45, 7) is 5.29. The number of nitrogens with zero attached hydrogens (tertiary/aromatic N) is 2. The van der Waals surface area contributed by atoms with E-state index < -0.39 is 23.5 Å². The number of hydrogen-bond acceptors (Lipinski definition) is 7. The molecular formula is C37H28N4O7. The van der Waals surface area contributed by atoms with Crippen LogP contribution in [0.3, 0.4) is 0 Å². The number of nitrogens with one attached hydrogen (secondary N) is 2. The lowest BCUT2D eigenvalue weighted by atomic mass is 9.88. The fourth-order valence-electron chi connectivity index (χ4n) is 7.86. The molecule has 11 nitrogen and oxygen atoms in total. The fourth-order valence-corrected chi connectivity index (χ4v) is 7.86. The summed E-state index contributed by atoms with van der Waals surface area (Å²) in [7, 11) is 0. The Morgan fingerprint density at radius 2 is 1.94 bits per heavy atom. The first kappa shape index (κ1) is 28.4. The van der Waals surface area contributed by atoms with Gasteiger partial charge in [-0.3, -0.25) is 14.2 Å². The number of para-hydroxylation sites is 3. The lowest BCUT2D eigenvalue weighted by molar-refractivity contribution is -0.205. The standard InChI is InChI=1S/C37H28N4O7/c1-3-27(42)39-23-12-6-9-15-26(23)46-16-17-47-35(44)37(45)18-28-40-24-13-7-4-10-20(24)30-31-22(19-38-34(31)43)29-21-11-5-8-14-25(21)41(33(29)32(30)40)36(37,2)48-28/h3-7,9-13,15,28,45H,1,16-19H2,2H3,(H,38,43)(H,39,42)/t28?,36-,37-/m0/s1. The van der Waals surface area contributed by atoms with Crippen LogP contribution in [0.4, 0.5) is 5.69 Å². The van der Waals surface area contributed by atoms with Gasteiger partial charge in [0.2, 0.25) is 11.5 Å². The van der Waals surface area contributed by atoms with E-state index in [2.05, 4.69) is 29.3 Å². The van der Waals surface area contributed by atoms with Gasteiger partial charge >= 0.3 is 5.97 Å². The number of aromatic nitrogens is 2. The average Bonchev–Trinajstić information content (AvgIpc) is 3.80. The Balaban J connectivity index is 1.16. The van der Waals surface area contributed by atoms with Gasteiger partial charge in [0, 0.05) is 34.5 Å². The Morgan fingerprint density at radius 3 is 2.79 bits per heavy atom. The number of ether oxygens (including phenoxy) is 3. The highest BCUT2D eigenvalue weighted by molar-refractivity contribution is 6.31. The molecule has 9 rings (SSSR count). The van der Waals surface area contributed by atoms with Gasteiger partial charge < -0.3 is 34.5 Å². The zero-order valence-electron chi connectivity index (χ0n) is 25.8. The van der Waals surface area contributed by atoms with Crippen molar-refractivity contribution in [1.29, 1.82) is 0 Å². The second-order valence-corrected chi connectivity index (χ2v) is 12.4. The summed E-state index contributed by atoms with van der Waals surface area (Å²) in [5, 5.41) is 21.6. The van der Waals surface area contributed by atoms with E-state index in [-0.39, 0.29) is 31.4 Å². The van der Waals surface area contributed by atoms with Crippen LogP contribution >= 0.6 is 0 Å². The summed E-state index contributed by atoms with van der Waals surface area (Å²) in [5.41, 5.74) is 1.07. The number of anilines is 1. The van der Waals surface area contributed by atoms with E-state index >= 15 is 0 Å². The molecule has 2 amide bonds. The van der Waals surface area contributed by atoms with E-state index in [1.54, 1.807) is 37.3 Å². The van der Waals surface area contributed by atoms with Gasteiger partial charge in [-0.15, -0.1) is 0 Å². The Kier molecular flexibility index (Phi) is 5.82. The topological polar surface area (TPSA) is 133 Å². The van der Waals surface area contributed by atoms with Crippen LogP contribution in [0.15, 0.2) is 73.3 Å². The summed E-state index contributed by atoms with van der Waals surface area (Å²) >= 11 is 0. The number of benzene rings is 3. The Morgan fingerprint density at radius 1 is 1.12 bits per heavy atom. The van der Waals surface area contributed by atoms with Crippen molar-refractivity contribution < 1.29 is 33.7 Å². The van der Waals surface area contributed by atoms with Crippen LogP contribution in [-0.2, 0) is 31.3 Å². The number of rotatable bonds is 7. The SMILES string of the molecule is C=CC(=O)Nc1ccccc1OCCOC(=O)[C@@]1(O)CC2O[C@]1(C)n1c3c#cccc3c3c4c(c5c6ccccc6n2c5c31)C(=O)NC4. The Labute approximate surface area is 273 Å². The molecule has 3 atom stereocenters. The Bertz CT molecular complexity index is 2430. The molecule has 3 N–H and O–H groups in total. The van der Waals surface area contributed by atoms with Crippen molar-refractivity contribution in [2.75, 3.05) is 18.5 Å². The van der Waals surface area contributed by atoms with Crippen LogP contribution in [0, 0.1) is 12.1 Å². The molecule has 0 radical (unpaired) electrons. The highest BCUT2D eigenvalue weighted by Crippen LogP contribution is 2.57. The summed E-state index contributed by atoms with van der Waals surface area (Å²) in [6.07, 6.45) is 0.261.